The van der Waals surface area contributed by atoms with Crippen molar-refractivity contribution in [1.82, 2.24) is 5.32 Å². The minimum Gasteiger partial charge on any atom is -0.452 e. The van der Waals surface area contributed by atoms with Crippen molar-refractivity contribution in [3.63, 3.8) is 0 Å². The molecule has 0 aliphatic carbocycles. The number of carbonyl (C=O) groups excluding carboxylic acids is 2. The SMILES string of the molecule is CN(C)c1ccc([N+](=O)[O-])cc1C(=O)OCC(=O)NCCc1cccs1. The maximum absolute atomic E-state index is 12.3. The van der Waals surface area contributed by atoms with Crippen molar-refractivity contribution < 1.29 is 19.2 Å². The average Bonchev–Trinajstić information content (AvgIpc) is 3.12. The van der Waals surface area contributed by atoms with Crippen molar-refractivity contribution in [3.05, 3.63) is 56.3 Å². The number of thiophene rings is 1. The first-order chi connectivity index (χ1) is 12.4. The minimum absolute atomic E-state index is 0.0376. The molecule has 1 aromatic carbocycles. The second kappa shape index (κ2) is 8.95. The van der Waals surface area contributed by atoms with Crippen molar-refractivity contribution in [3.8, 4) is 0 Å². The lowest BCUT2D eigenvalue weighted by Gasteiger charge is -2.16. The fraction of sp³-hybridized carbons (Fsp3) is 0.294. The van der Waals surface area contributed by atoms with E-state index in [1.807, 2.05) is 17.5 Å². The average molecular weight is 377 g/mol. The van der Waals surface area contributed by atoms with Crippen LogP contribution in [0.5, 0.6) is 0 Å². The zero-order chi connectivity index (χ0) is 19.1. The Morgan fingerprint density at radius 3 is 2.69 bits per heavy atom. The quantitative estimate of drug-likeness (QED) is 0.430. The van der Waals surface area contributed by atoms with Crippen molar-refractivity contribution in [2.75, 3.05) is 32.1 Å². The van der Waals surface area contributed by atoms with E-state index in [1.54, 1.807) is 30.3 Å². The standard InChI is InChI=1S/C17H19N3O5S/c1-19(2)15-6-5-12(20(23)24)10-14(15)17(22)25-11-16(21)18-8-7-13-4-3-9-26-13/h3-6,9-10H,7-8,11H2,1-2H3,(H,18,21). The van der Waals surface area contributed by atoms with Crippen LogP contribution in [0.3, 0.4) is 0 Å². The van der Waals surface area contributed by atoms with Crippen LogP contribution in [-0.4, -0.2) is 44.0 Å². The van der Waals surface area contributed by atoms with Gasteiger partial charge in [0.05, 0.1) is 16.2 Å². The number of nitro benzene ring substituents is 1. The Morgan fingerprint density at radius 2 is 2.08 bits per heavy atom. The Labute approximate surface area is 154 Å². The Bertz CT molecular complexity index is 790. The van der Waals surface area contributed by atoms with Gasteiger partial charge < -0.3 is 15.0 Å². The number of hydrogen-bond acceptors (Lipinski definition) is 7. The Balaban J connectivity index is 1.92. The van der Waals surface area contributed by atoms with Gasteiger partial charge in [0.1, 0.15) is 0 Å². The van der Waals surface area contributed by atoms with Gasteiger partial charge in [-0.1, -0.05) is 6.07 Å². The molecule has 2 aromatic rings. The Kier molecular flexibility index (Phi) is 6.67. The van der Waals surface area contributed by atoms with E-state index in [1.165, 1.54) is 12.1 Å². The van der Waals surface area contributed by atoms with E-state index in [2.05, 4.69) is 5.32 Å². The number of nitrogens with zero attached hydrogens (tertiary/aromatic N) is 2. The van der Waals surface area contributed by atoms with Crippen LogP contribution in [0.2, 0.25) is 0 Å². The van der Waals surface area contributed by atoms with Crippen LogP contribution >= 0.6 is 11.3 Å². The van der Waals surface area contributed by atoms with E-state index < -0.39 is 23.4 Å². The molecule has 1 amide bonds. The molecule has 0 saturated heterocycles. The fourth-order valence-corrected chi connectivity index (χ4v) is 2.94. The summed E-state index contributed by atoms with van der Waals surface area (Å²) < 4.78 is 5.01. The van der Waals surface area contributed by atoms with E-state index in [0.717, 1.165) is 10.9 Å². The summed E-state index contributed by atoms with van der Waals surface area (Å²) >= 11 is 1.60. The van der Waals surface area contributed by atoms with Gasteiger partial charge in [0.25, 0.3) is 11.6 Å². The zero-order valence-corrected chi connectivity index (χ0v) is 15.2. The van der Waals surface area contributed by atoms with Crippen LogP contribution in [0, 0.1) is 10.1 Å². The molecule has 9 heteroatoms. The van der Waals surface area contributed by atoms with Gasteiger partial charge in [-0.2, -0.15) is 0 Å². The van der Waals surface area contributed by atoms with Crippen LogP contribution in [0.1, 0.15) is 15.2 Å². The van der Waals surface area contributed by atoms with Crippen LogP contribution in [0.25, 0.3) is 0 Å². The smallest absolute Gasteiger partial charge is 0.341 e. The second-order valence-electron chi connectivity index (χ2n) is 5.61. The molecule has 1 heterocycles. The van der Waals surface area contributed by atoms with Crippen LogP contribution in [0.4, 0.5) is 11.4 Å². The van der Waals surface area contributed by atoms with Gasteiger partial charge in [-0.3, -0.25) is 14.9 Å². The number of ether oxygens (including phenoxy) is 1. The first-order valence-electron chi connectivity index (χ1n) is 7.80. The van der Waals surface area contributed by atoms with Crippen LogP contribution in [-0.2, 0) is 16.0 Å². The molecule has 0 spiro atoms. The van der Waals surface area contributed by atoms with Crippen molar-refractivity contribution in [2.45, 2.75) is 6.42 Å². The highest BCUT2D eigenvalue weighted by Crippen LogP contribution is 2.24. The van der Waals surface area contributed by atoms with E-state index >= 15 is 0 Å². The summed E-state index contributed by atoms with van der Waals surface area (Å²) in [5.41, 5.74) is 0.289. The molecule has 0 unspecified atom stereocenters. The predicted octanol–water partition coefficient (Wildman–Crippen LogP) is 2.24. The second-order valence-corrected chi connectivity index (χ2v) is 6.64. The predicted molar refractivity (Wildman–Crippen MR) is 98.7 cm³/mol. The molecule has 0 fully saturated rings. The number of non-ortho nitro benzene ring substituents is 1. The lowest BCUT2D eigenvalue weighted by atomic mass is 10.1. The van der Waals surface area contributed by atoms with Crippen molar-refractivity contribution in [2.24, 2.45) is 0 Å². The summed E-state index contributed by atoms with van der Waals surface area (Å²) in [4.78, 5) is 37.2. The number of rotatable bonds is 8. The number of benzene rings is 1. The molecule has 1 aromatic heterocycles. The zero-order valence-electron chi connectivity index (χ0n) is 14.4. The lowest BCUT2D eigenvalue weighted by molar-refractivity contribution is -0.384. The van der Waals surface area contributed by atoms with E-state index in [9.17, 15) is 19.7 Å². The van der Waals surface area contributed by atoms with Crippen molar-refractivity contribution >= 4 is 34.6 Å². The third-order valence-corrected chi connectivity index (χ3v) is 4.44. The highest BCUT2D eigenvalue weighted by molar-refractivity contribution is 7.09. The Hall–Kier alpha value is -2.94. The van der Waals surface area contributed by atoms with Crippen LogP contribution in [0.15, 0.2) is 35.7 Å². The van der Waals surface area contributed by atoms with Gasteiger partial charge >= 0.3 is 5.97 Å². The van der Waals surface area contributed by atoms with Crippen LogP contribution < -0.4 is 10.2 Å². The lowest BCUT2D eigenvalue weighted by Crippen LogP contribution is -2.30. The van der Waals surface area contributed by atoms with E-state index in [-0.39, 0.29) is 11.3 Å². The van der Waals surface area contributed by atoms with Gasteiger partial charge in [-0.15, -0.1) is 11.3 Å². The molecule has 2 rings (SSSR count). The Morgan fingerprint density at radius 1 is 1.31 bits per heavy atom. The third-order valence-electron chi connectivity index (χ3n) is 3.50. The molecule has 0 saturated carbocycles. The summed E-state index contributed by atoms with van der Waals surface area (Å²) in [6.07, 6.45) is 0.701. The van der Waals surface area contributed by atoms with Crippen molar-refractivity contribution in [1.29, 1.82) is 0 Å². The molecular formula is C17H19N3O5S. The maximum Gasteiger partial charge on any atom is 0.341 e. The number of nitrogens with one attached hydrogen (secondary N) is 1. The van der Waals surface area contributed by atoms with E-state index in [0.29, 0.717) is 18.7 Å². The first-order valence-corrected chi connectivity index (χ1v) is 8.68. The monoisotopic (exact) mass is 377 g/mol. The molecule has 0 bridgehead atoms. The summed E-state index contributed by atoms with van der Waals surface area (Å²) in [7, 11) is 3.41. The van der Waals surface area contributed by atoms with Gasteiger partial charge in [0.15, 0.2) is 6.61 Å². The molecule has 0 radical (unpaired) electrons. The van der Waals surface area contributed by atoms with Gasteiger partial charge in [0, 0.05) is 37.6 Å². The number of hydrogen-bond donors (Lipinski definition) is 1. The largest absolute Gasteiger partial charge is 0.452 e. The molecule has 26 heavy (non-hydrogen) atoms. The maximum atomic E-state index is 12.3. The molecule has 0 aliphatic heterocycles. The summed E-state index contributed by atoms with van der Waals surface area (Å²) in [6, 6.07) is 7.83. The fourth-order valence-electron chi connectivity index (χ4n) is 2.23. The normalized spacial score (nSPS) is 10.2. The number of carbonyl (C=O) groups is 2. The van der Waals surface area contributed by atoms with E-state index in [4.69, 9.17) is 4.74 Å². The molecule has 0 aliphatic rings. The highest BCUT2D eigenvalue weighted by atomic mass is 32.1. The van der Waals surface area contributed by atoms with Gasteiger partial charge in [-0.05, 0) is 23.9 Å². The number of anilines is 1. The number of esters is 1. The molecular weight excluding hydrogens is 358 g/mol. The topological polar surface area (TPSA) is 102 Å². The number of nitro groups is 1. The molecule has 0 atom stereocenters. The third kappa shape index (κ3) is 5.28. The summed E-state index contributed by atoms with van der Waals surface area (Å²) in [5, 5.41) is 15.5. The number of amides is 1. The first kappa shape index (κ1) is 19.4. The molecule has 8 nitrogen and oxygen atoms in total. The molecule has 1 N–H and O–H groups in total. The summed E-state index contributed by atoms with van der Waals surface area (Å²) in [5.74, 6) is -1.21. The highest BCUT2D eigenvalue weighted by Gasteiger charge is 2.20. The summed E-state index contributed by atoms with van der Waals surface area (Å²) in [6.45, 7) is -0.00448. The minimum atomic E-state index is -0.786. The van der Waals surface area contributed by atoms with Gasteiger partial charge in [0.2, 0.25) is 0 Å². The van der Waals surface area contributed by atoms with Gasteiger partial charge in [-0.25, -0.2) is 4.79 Å². The molecule has 138 valence electrons.